The summed E-state index contributed by atoms with van der Waals surface area (Å²) >= 11 is 5.46. The predicted molar refractivity (Wildman–Crippen MR) is 41.3 cm³/mol. The largest absolute Gasteiger partial charge is 0.391 e. The highest BCUT2D eigenvalue weighted by molar-refractivity contribution is 6.28. The zero-order chi connectivity index (χ0) is 8.27. The number of hydrogen-bond acceptors (Lipinski definition) is 3. The van der Waals surface area contributed by atoms with Crippen LogP contribution < -0.4 is 0 Å². The van der Waals surface area contributed by atoms with Gasteiger partial charge in [0.05, 0.1) is 12.6 Å². The number of halogens is 1. The van der Waals surface area contributed by atoms with Gasteiger partial charge in [-0.1, -0.05) is 6.92 Å². The molecule has 1 aromatic heterocycles. The van der Waals surface area contributed by atoms with Gasteiger partial charge in [0.1, 0.15) is 6.33 Å². The number of hydrogen-bond donors (Lipinski definition) is 1. The van der Waals surface area contributed by atoms with E-state index < -0.39 is 0 Å². The molecule has 1 aromatic rings. The van der Waals surface area contributed by atoms with Gasteiger partial charge in [-0.25, -0.2) is 9.67 Å². The standard InChI is InChI=1S/C6H10ClN3O/c1-2-5(11)3-10-4-8-6(7)9-10/h4-5,11H,2-3H2,1H3. The summed E-state index contributed by atoms with van der Waals surface area (Å²) in [6.45, 7) is 2.36. The van der Waals surface area contributed by atoms with Gasteiger partial charge in [-0.3, -0.25) is 0 Å². The van der Waals surface area contributed by atoms with E-state index in [-0.39, 0.29) is 11.4 Å². The van der Waals surface area contributed by atoms with E-state index in [0.717, 1.165) is 0 Å². The SMILES string of the molecule is CCC(O)Cn1cnc(Cl)n1. The molecule has 0 saturated heterocycles. The minimum atomic E-state index is -0.368. The van der Waals surface area contributed by atoms with Crippen LogP contribution >= 0.6 is 11.6 Å². The average Bonchev–Trinajstić information content (AvgIpc) is 2.35. The summed E-state index contributed by atoms with van der Waals surface area (Å²) in [6.07, 6.45) is 1.84. The second-order valence-electron chi connectivity index (χ2n) is 2.30. The van der Waals surface area contributed by atoms with E-state index >= 15 is 0 Å². The summed E-state index contributed by atoms with van der Waals surface area (Å²) in [4.78, 5) is 3.71. The Labute approximate surface area is 69.8 Å². The minimum absolute atomic E-state index is 0.216. The van der Waals surface area contributed by atoms with Crippen molar-refractivity contribution in [1.82, 2.24) is 14.8 Å². The first-order valence-corrected chi connectivity index (χ1v) is 3.83. The lowest BCUT2D eigenvalue weighted by atomic mass is 10.3. The fourth-order valence-corrected chi connectivity index (χ4v) is 0.846. The second kappa shape index (κ2) is 3.69. The van der Waals surface area contributed by atoms with Crippen molar-refractivity contribution >= 4 is 11.6 Å². The van der Waals surface area contributed by atoms with E-state index in [1.807, 2.05) is 6.92 Å². The van der Waals surface area contributed by atoms with E-state index in [2.05, 4.69) is 10.1 Å². The van der Waals surface area contributed by atoms with Crippen molar-refractivity contribution in [2.75, 3.05) is 0 Å². The van der Waals surface area contributed by atoms with Crippen LogP contribution in [0, 0.1) is 0 Å². The highest BCUT2D eigenvalue weighted by atomic mass is 35.5. The first-order chi connectivity index (χ1) is 5.22. The summed E-state index contributed by atoms with van der Waals surface area (Å²) in [6, 6.07) is 0. The van der Waals surface area contributed by atoms with Gasteiger partial charge < -0.3 is 5.11 Å². The molecular weight excluding hydrogens is 166 g/mol. The lowest BCUT2D eigenvalue weighted by Crippen LogP contribution is -2.14. The highest BCUT2D eigenvalue weighted by Gasteiger charge is 2.03. The Kier molecular flexibility index (Phi) is 2.84. The fourth-order valence-electron chi connectivity index (χ4n) is 0.705. The molecule has 0 aliphatic heterocycles. The lowest BCUT2D eigenvalue weighted by molar-refractivity contribution is 0.145. The summed E-state index contributed by atoms with van der Waals surface area (Å²) in [7, 11) is 0. The van der Waals surface area contributed by atoms with Crippen LogP contribution in [0.15, 0.2) is 6.33 Å². The second-order valence-corrected chi connectivity index (χ2v) is 2.64. The van der Waals surface area contributed by atoms with Crippen LogP contribution in [0.25, 0.3) is 0 Å². The molecular formula is C6H10ClN3O. The zero-order valence-electron chi connectivity index (χ0n) is 6.24. The average molecular weight is 176 g/mol. The molecule has 1 rings (SSSR count). The van der Waals surface area contributed by atoms with E-state index in [0.29, 0.717) is 13.0 Å². The molecule has 0 aliphatic rings. The van der Waals surface area contributed by atoms with Crippen molar-refractivity contribution in [1.29, 1.82) is 0 Å². The smallest absolute Gasteiger partial charge is 0.242 e. The molecule has 0 fully saturated rings. The number of nitrogens with zero attached hydrogens (tertiary/aromatic N) is 3. The minimum Gasteiger partial charge on any atom is -0.391 e. The molecule has 1 unspecified atom stereocenters. The first kappa shape index (κ1) is 8.49. The normalized spacial score (nSPS) is 13.4. The van der Waals surface area contributed by atoms with E-state index in [4.69, 9.17) is 11.6 Å². The van der Waals surface area contributed by atoms with Crippen LogP contribution in [0.4, 0.5) is 0 Å². The topological polar surface area (TPSA) is 50.9 Å². The Balaban J connectivity index is 2.50. The molecule has 0 amide bonds. The van der Waals surface area contributed by atoms with Crippen molar-refractivity contribution in [2.45, 2.75) is 26.0 Å². The molecule has 11 heavy (non-hydrogen) atoms. The highest BCUT2D eigenvalue weighted by Crippen LogP contribution is 1.99. The van der Waals surface area contributed by atoms with Crippen LogP contribution in [0.2, 0.25) is 5.28 Å². The maximum Gasteiger partial charge on any atom is 0.242 e. The van der Waals surface area contributed by atoms with Gasteiger partial charge in [0.25, 0.3) is 0 Å². The van der Waals surface area contributed by atoms with Crippen molar-refractivity contribution in [3.8, 4) is 0 Å². The van der Waals surface area contributed by atoms with Gasteiger partial charge in [-0.2, -0.15) is 0 Å². The van der Waals surface area contributed by atoms with Gasteiger partial charge in [0.2, 0.25) is 5.28 Å². The quantitative estimate of drug-likeness (QED) is 0.736. The third-order valence-electron chi connectivity index (χ3n) is 1.38. The molecule has 0 saturated carbocycles. The molecule has 1 atom stereocenters. The van der Waals surface area contributed by atoms with Crippen molar-refractivity contribution < 1.29 is 5.11 Å². The monoisotopic (exact) mass is 175 g/mol. The number of aliphatic hydroxyl groups excluding tert-OH is 1. The Bertz CT molecular complexity index is 225. The van der Waals surface area contributed by atoms with Gasteiger partial charge >= 0.3 is 0 Å². The number of aliphatic hydroxyl groups is 1. The molecule has 5 heteroatoms. The van der Waals surface area contributed by atoms with Gasteiger partial charge in [0.15, 0.2) is 0 Å². The third-order valence-corrected chi connectivity index (χ3v) is 1.55. The lowest BCUT2D eigenvalue weighted by Gasteiger charge is -2.05. The molecule has 4 nitrogen and oxygen atoms in total. The van der Waals surface area contributed by atoms with Crippen LogP contribution in [0.5, 0.6) is 0 Å². The van der Waals surface area contributed by atoms with Gasteiger partial charge in [-0.15, -0.1) is 5.10 Å². The van der Waals surface area contributed by atoms with Crippen molar-refractivity contribution in [3.63, 3.8) is 0 Å². The van der Waals surface area contributed by atoms with Crippen LogP contribution in [-0.2, 0) is 6.54 Å². The third kappa shape index (κ3) is 2.48. The first-order valence-electron chi connectivity index (χ1n) is 3.45. The van der Waals surface area contributed by atoms with Crippen LogP contribution in [0.3, 0.4) is 0 Å². The zero-order valence-corrected chi connectivity index (χ0v) is 6.99. The Morgan fingerprint density at radius 1 is 1.82 bits per heavy atom. The van der Waals surface area contributed by atoms with E-state index in [1.54, 1.807) is 0 Å². The maximum absolute atomic E-state index is 9.19. The van der Waals surface area contributed by atoms with Gasteiger partial charge in [0, 0.05) is 0 Å². The molecule has 0 spiro atoms. The molecule has 0 radical (unpaired) electrons. The number of rotatable bonds is 3. The van der Waals surface area contributed by atoms with E-state index in [9.17, 15) is 5.11 Å². The predicted octanol–water partition coefficient (Wildman–Crippen LogP) is 0.702. The summed E-state index contributed by atoms with van der Waals surface area (Å²) in [5.41, 5.74) is 0. The summed E-state index contributed by atoms with van der Waals surface area (Å²) in [5, 5.41) is 13.2. The number of aromatic nitrogens is 3. The van der Waals surface area contributed by atoms with Crippen molar-refractivity contribution in [2.24, 2.45) is 0 Å². The summed E-state index contributed by atoms with van der Waals surface area (Å²) in [5.74, 6) is 0. The fraction of sp³-hybridized carbons (Fsp3) is 0.667. The van der Waals surface area contributed by atoms with Crippen LogP contribution in [0.1, 0.15) is 13.3 Å². The maximum atomic E-state index is 9.19. The Morgan fingerprint density at radius 2 is 2.55 bits per heavy atom. The van der Waals surface area contributed by atoms with Crippen LogP contribution in [-0.4, -0.2) is 26.0 Å². The molecule has 0 bridgehead atoms. The molecule has 1 N–H and O–H groups in total. The van der Waals surface area contributed by atoms with Gasteiger partial charge in [-0.05, 0) is 18.0 Å². The Morgan fingerprint density at radius 3 is 3.00 bits per heavy atom. The molecule has 62 valence electrons. The van der Waals surface area contributed by atoms with Crippen molar-refractivity contribution in [3.05, 3.63) is 11.6 Å². The molecule has 1 heterocycles. The molecule has 0 aliphatic carbocycles. The van der Waals surface area contributed by atoms with E-state index in [1.165, 1.54) is 11.0 Å². The Hall–Kier alpha value is -0.610. The summed E-state index contributed by atoms with van der Waals surface area (Å²) < 4.78 is 1.52. The molecule has 0 aromatic carbocycles.